The van der Waals surface area contributed by atoms with Gasteiger partial charge in [-0.15, -0.1) is 0 Å². The minimum absolute atomic E-state index is 0.354. The van der Waals surface area contributed by atoms with Crippen LogP contribution >= 0.6 is 0 Å². The number of nitrogens with zero attached hydrogens (tertiary/aromatic N) is 4. The molecule has 5 rings (SSSR count). The van der Waals surface area contributed by atoms with Gasteiger partial charge in [-0.25, -0.2) is 9.97 Å². The van der Waals surface area contributed by atoms with Gasteiger partial charge in [-0.3, -0.25) is 4.98 Å². The maximum Gasteiger partial charge on any atom is 0.161 e. The molecule has 2 saturated heterocycles. The number of hydrogen-bond donors (Lipinski definition) is 0. The van der Waals surface area contributed by atoms with Crippen LogP contribution in [0.3, 0.4) is 0 Å². The van der Waals surface area contributed by atoms with Crippen LogP contribution in [-0.4, -0.2) is 41.3 Å². The fourth-order valence-corrected chi connectivity index (χ4v) is 4.39. The van der Waals surface area contributed by atoms with E-state index in [1.54, 1.807) is 0 Å². The van der Waals surface area contributed by atoms with Gasteiger partial charge in [-0.2, -0.15) is 0 Å². The molecule has 0 N–H and O–H groups in total. The molecule has 1 spiro atoms. The number of fused-ring (bicyclic) bond motifs is 1. The van der Waals surface area contributed by atoms with Gasteiger partial charge < -0.3 is 9.64 Å². The lowest BCUT2D eigenvalue weighted by molar-refractivity contribution is 0.160. The lowest BCUT2D eigenvalue weighted by Gasteiger charge is -2.24. The maximum atomic E-state index is 5.69. The SMILES string of the molecule is c1cc(-c2nc3c(c(N4CC[C@@]5(CCOC5)C4)n2)CCC3)ccn1. The van der Waals surface area contributed by atoms with Crippen molar-refractivity contribution in [2.45, 2.75) is 32.1 Å². The molecule has 2 fully saturated rings. The minimum Gasteiger partial charge on any atom is -0.381 e. The van der Waals surface area contributed by atoms with Crippen molar-refractivity contribution in [3.8, 4) is 11.4 Å². The van der Waals surface area contributed by atoms with E-state index in [0.29, 0.717) is 5.41 Å². The van der Waals surface area contributed by atoms with E-state index in [2.05, 4.69) is 9.88 Å². The summed E-state index contributed by atoms with van der Waals surface area (Å²) in [4.78, 5) is 16.5. The molecule has 1 atom stereocenters. The summed E-state index contributed by atoms with van der Waals surface area (Å²) in [6.07, 6.45) is 9.41. The van der Waals surface area contributed by atoms with Crippen molar-refractivity contribution in [3.63, 3.8) is 0 Å². The molecule has 2 aliphatic heterocycles. The first-order valence-corrected chi connectivity index (χ1v) is 8.96. The van der Waals surface area contributed by atoms with Crippen LogP contribution in [0.4, 0.5) is 5.82 Å². The summed E-state index contributed by atoms with van der Waals surface area (Å²) in [6, 6.07) is 3.99. The average Bonchev–Trinajstić information content (AvgIpc) is 3.37. The molecule has 5 nitrogen and oxygen atoms in total. The first kappa shape index (κ1) is 14.3. The Morgan fingerprint density at radius 3 is 2.83 bits per heavy atom. The van der Waals surface area contributed by atoms with Crippen molar-refractivity contribution >= 4 is 5.82 Å². The van der Waals surface area contributed by atoms with Crippen molar-refractivity contribution < 1.29 is 4.74 Å². The van der Waals surface area contributed by atoms with Gasteiger partial charge in [0, 0.05) is 54.3 Å². The highest BCUT2D eigenvalue weighted by molar-refractivity contribution is 5.61. The fourth-order valence-electron chi connectivity index (χ4n) is 4.39. The second-order valence-electron chi connectivity index (χ2n) is 7.36. The molecule has 2 aromatic rings. The molecule has 2 aromatic heterocycles. The Bertz CT molecular complexity index is 755. The Morgan fingerprint density at radius 2 is 2.00 bits per heavy atom. The number of rotatable bonds is 2. The molecule has 0 saturated carbocycles. The number of ether oxygens (including phenoxy) is 1. The van der Waals surface area contributed by atoms with Crippen molar-refractivity contribution in [1.29, 1.82) is 0 Å². The monoisotopic (exact) mass is 322 g/mol. The summed E-state index contributed by atoms with van der Waals surface area (Å²) >= 11 is 0. The molecule has 5 heteroatoms. The summed E-state index contributed by atoms with van der Waals surface area (Å²) in [5, 5.41) is 0. The van der Waals surface area contributed by atoms with Gasteiger partial charge in [0.2, 0.25) is 0 Å². The van der Waals surface area contributed by atoms with Crippen LogP contribution in [0.2, 0.25) is 0 Å². The van der Waals surface area contributed by atoms with Gasteiger partial charge in [0.25, 0.3) is 0 Å². The van der Waals surface area contributed by atoms with E-state index < -0.39 is 0 Å². The Labute approximate surface area is 142 Å². The smallest absolute Gasteiger partial charge is 0.161 e. The van der Waals surface area contributed by atoms with Gasteiger partial charge in [0.1, 0.15) is 5.82 Å². The van der Waals surface area contributed by atoms with E-state index in [0.717, 1.165) is 50.5 Å². The van der Waals surface area contributed by atoms with E-state index in [1.165, 1.54) is 36.3 Å². The predicted molar refractivity (Wildman–Crippen MR) is 92.0 cm³/mol. The molecule has 3 aliphatic rings. The van der Waals surface area contributed by atoms with Gasteiger partial charge in [0.05, 0.1) is 6.61 Å². The number of anilines is 1. The fraction of sp³-hybridized carbons (Fsp3) is 0.526. The molecule has 124 valence electrons. The van der Waals surface area contributed by atoms with E-state index in [9.17, 15) is 0 Å². The molecule has 0 radical (unpaired) electrons. The standard InChI is InChI=1S/C19H22N4O/c1-2-15-16(3-1)21-17(14-4-8-20-9-5-14)22-18(15)23-10-6-19(12-23)7-11-24-13-19/h4-5,8-9H,1-3,6-7,10-13H2/t19-/m1/s1. The number of pyridine rings is 1. The lowest BCUT2D eigenvalue weighted by Crippen LogP contribution is -2.29. The Balaban J connectivity index is 1.55. The number of aryl methyl sites for hydroxylation is 1. The Kier molecular flexibility index (Phi) is 3.30. The summed E-state index contributed by atoms with van der Waals surface area (Å²) < 4.78 is 5.69. The van der Waals surface area contributed by atoms with Gasteiger partial charge >= 0.3 is 0 Å². The van der Waals surface area contributed by atoms with E-state index in [-0.39, 0.29) is 0 Å². The van der Waals surface area contributed by atoms with E-state index >= 15 is 0 Å². The largest absolute Gasteiger partial charge is 0.381 e. The van der Waals surface area contributed by atoms with Crippen molar-refractivity contribution in [2.24, 2.45) is 5.41 Å². The van der Waals surface area contributed by atoms with E-state index in [4.69, 9.17) is 14.7 Å². The topological polar surface area (TPSA) is 51.1 Å². The average molecular weight is 322 g/mol. The third kappa shape index (κ3) is 2.30. The van der Waals surface area contributed by atoms with Crippen LogP contribution in [0, 0.1) is 5.41 Å². The van der Waals surface area contributed by atoms with Gasteiger partial charge in [-0.05, 0) is 44.2 Å². The van der Waals surface area contributed by atoms with E-state index in [1.807, 2.05) is 24.5 Å². The van der Waals surface area contributed by atoms with Crippen LogP contribution in [0.1, 0.15) is 30.5 Å². The van der Waals surface area contributed by atoms with Crippen LogP contribution in [0.25, 0.3) is 11.4 Å². The zero-order valence-electron chi connectivity index (χ0n) is 13.9. The van der Waals surface area contributed by atoms with Crippen molar-refractivity contribution in [3.05, 3.63) is 35.8 Å². The first-order valence-electron chi connectivity index (χ1n) is 8.96. The normalized spacial score (nSPS) is 25.6. The quantitative estimate of drug-likeness (QED) is 0.851. The maximum absolute atomic E-state index is 5.69. The zero-order valence-corrected chi connectivity index (χ0v) is 13.9. The molecule has 0 bridgehead atoms. The van der Waals surface area contributed by atoms with Crippen LogP contribution in [0.15, 0.2) is 24.5 Å². The molecule has 0 amide bonds. The van der Waals surface area contributed by atoms with Crippen molar-refractivity contribution in [2.75, 3.05) is 31.2 Å². The zero-order chi connectivity index (χ0) is 16.0. The van der Waals surface area contributed by atoms with Crippen LogP contribution in [-0.2, 0) is 17.6 Å². The highest BCUT2D eigenvalue weighted by Gasteiger charge is 2.42. The first-order chi connectivity index (χ1) is 11.8. The highest BCUT2D eigenvalue weighted by Crippen LogP contribution is 2.41. The molecular formula is C19H22N4O. The highest BCUT2D eigenvalue weighted by atomic mass is 16.5. The summed E-state index contributed by atoms with van der Waals surface area (Å²) in [6.45, 7) is 3.99. The van der Waals surface area contributed by atoms with Gasteiger partial charge in [0.15, 0.2) is 5.82 Å². The van der Waals surface area contributed by atoms with Crippen LogP contribution < -0.4 is 4.90 Å². The summed E-state index contributed by atoms with van der Waals surface area (Å²) in [5.41, 5.74) is 4.03. The number of hydrogen-bond acceptors (Lipinski definition) is 5. The predicted octanol–water partition coefficient (Wildman–Crippen LogP) is 2.64. The van der Waals surface area contributed by atoms with Gasteiger partial charge in [-0.1, -0.05) is 0 Å². The molecule has 4 heterocycles. The summed E-state index contributed by atoms with van der Waals surface area (Å²) in [7, 11) is 0. The number of aromatic nitrogens is 3. The second kappa shape index (κ2) is 5.52. The van der Waals surface area contributed by atoms with Crippen LogP contribution in [0.5, 0.6) is 0 Å². The minimum atomic E-state index is 0.354. The molecule has 1 aliphatic carbocycles. The summed E-state index contributed by atoms with van der Waals surface area (Å²) in [5.74, 6) is 2.02. The molecule has 0 aromatic carbocycles. The Morgan fingerprint density at radius 1 is 1.08 bits per heavy atom. The molecule has 0 unspecified atom stereocenters. The molecule has 24 heavy (non-hydrogen) atoms. The third-order valence-corrected chi connectivity index (χ3v) is 5.77. The Hall–Kier alpha value is -2.01. The van der Waals surface area contributed by atoms with Crippen molar-refractivity contribution in [1.82, 2.24) is 15.0 Å². The molecular weight excluding hydrogens is 300 g/mol. The lowest BCUT2D eigenvalue weighted by atomic mass is 9.87. The third-order valence-electron chi connectivity index (χ3n) is 5.77. The second-order valence-corrected chi connectivity index (χ2v) is 7.36.